The van der Waals surface area contributed by atoms with Crippen molar-refractivity contribution in [1.82, 2.24) is 5.32 Å². The highest BCUT2D eigenvalue weighted by Crippen LogP contribution is 2.31. The number of ether oxygens (including phenoxy) is 1. The Morgan fingerprint density at radius 2 is 2.07 bits per heavy atom. The minimum atomic E-state index is 0.493. The Labute approximate surface area is 88.4 Å². The highest BCUT2D eigenvalue weighted by atomic mass is 16.5. The van der Waals surface area contributed by atoms with E-state index < -0.39 is 0 Å². The molecular formula is C12H25NO. The normalized spacial score (nSPS) is 34.7. The quantitative estimate of drug-likeness (QED) is 0.734. The average Bonchev–Trinajstić information content (AvgIpc) is 2.46. The molecule has 1 rings (SSSR count). The van der Waals surface area contributed by atoms with Crippen LogP contribution in [0.4, 0.5) is 0 Å². The zero-order valence-electron chi connectivity index (χ0n) is 10.0. The van der Waals surface area contributed by atoms with Crippen molar-refractivity contribution in [1.29, 1.82) is 0 Å². The zero-order chi connectivity index (χ0) is 10.6. The largest absolute Gasteiger partial charge is 0.380 e. The van der Waals surface area contributed by atoms with Crippen molar-refractivity contribution in [2.24, 2.45) is 11.8 Å². The van der Waals surface area contributed by atoms with E-state index in [0.717, 1.165) is 25.0 Å². The molecule has 84 valence electrons. The summed E-state index contributed by atoms with van der Waals surface area (Å²) in [6.07, 6.45) is 2.71. The molecule has 4 unspecified atom stereocenters. The highest BCUT2D eigenvalue weighted by molar-refractivity contribution is 4.86. The molecule has 1 aliphatic carbocycles. The van der Waals surface area contributed by atoms with Gasteiger partial charge in [0, 0.05) is 18.7 Å². The standard InChI is InChI=1S/C12H25NO/c1-5-14-8-10(3)13-12-7-6-9(2)11(12)4/h9-13H,5-8H2,1-4H3. The van der Waals surface area contributed by atoms with Crippen LogP contribution in [-0.4, -0.2) is 25.3 Å². The molecule has 0 aromatic carbocycles. The van der Waals surface area contributed by atoms with Crippen molar-refractivity contribution in [3.8, 4) is 0 Å². The average molecular weight is 199 g/mol. The van der Waals surface area contributed by atoms with E-state index in [1.54, 1.807) is 0 Å². The molecule has 4 atom stereocenters. The SMILES string of the molecule is CCOCC(C)NC1CCC(C)C1C. The Morgan fingerprint density at radius 3 is 2.57 bits per heavy atom. The lowest BCUT2D eigenvalue weighted by Gasteiger charge is -2.24. The smallest absolute Gasteiger partial charge is 0.0616 e. The van der Waals surface area contributed by atoms with Crippen LogP contribution >= 0.6 is 0 Å². The zero-order valence-corrected chi connectivity index (χ0v) is 10.0. The van der Waals surface area contributed by atoms with Gasteiger partial charge in [-0.3, -0.25) is 0 Å². The number of hydrogen-bond acceptors (Lipinski definition) is 2. The summed E-state index contributed by atoms with van der Waals surface area (Å²) in [5.74, 6) is 1.70. The molecule has 0 aliphatic heterocycles. The fraction of sp³-hybridized carbons (Fsp3) is 1.00. The van der Waals surface area contributed by atoms with Crippen LogP contribution in [0.2, 0.25) is 0 Å². The van der Waals surface area contributed by atoms with Crippen LogP contribution in [0.1, 0.15) is 40.5 Å². The lowest BCUT2D eigenvalue weighted by Crippen LogP contribution is -2.41. The van der Waals surface area contributed by atoms with Gasteiger partial charge in [0.05, 0.1) is 6.61 Å². The topological polar surface area (TPSA) is 21.3 Å². The Morgan fingerprint density at radius 1 is 1.36 bits per heavy atom. The summed E-state index contributed by atoms with van der Waals surface area (Å²) >= 11 is 0. The van der Waals surface area contributed by atoms with Gasteiger partial charge in [0.15, 0.2) is 0 Å². The molecule has 2 nitrogen and oxygen atoms in total. The van der Waals surface area contributed by atoms with E-state index in [-0.39, 0.29) is 0 Å². The molecule has 14 heavy (non-hydrogen) atoms. The summed E-state index contributed by atoms with van der Waals surface area (Å²) in [6.45, 7) is 10.7. The summed E-state index contributed by atoms with van der Waals surface area (Å²) < 4.78 is 5.41. The van der Waals surface area contributed by atoms with Crippen LogP contribution in [0.25, 0.3) is 0 Å². The second-order valence-corrected chi connectivity index (χ2v) is 4.75. The van der Waals surface area contributed by atoms with Crippen LogP contribution in [-0.2, 0) is 4.74 Å². The monoisotopic (exact) mass is 199 g/mol. The first-order chi connectivity index (χ1) is 6.65. The van der Waals surface area contributed by atoms with E-state index in [4.69, 9.17) is 4.74 Å². The maximum atomic E-state index is 5.41. The molecule has 0 radical (unpaired) electrons. The van der Waals surface area contributed by atoms with Gasteiger partial charge in [0.2, 0.25) is 0 Å². The predicted octanol–water partition coefficient (Wildman–Crippen LogP) is 2.44. The molecular weight excluding hydrogens is 174 g/mol. The molecule has 0 amide bonds. The first-order valence-electron chi connectivity index (χ1n) is 5.99. The van der Waals surface area contributed by atoms with Crippen LogP contribution in [0.15, 0.2) is 0 Å². The maximum absolute atomic E-state index is 5.41. The van der Waals surface area contributed by atoms with Crippen LogP contribution in [0.5, 0.6) is 0 Å². The van der Waals surface area contributed by atoms with Gasteiger partial charge < -0.3 is 10.1 Å². The van der Waals surface area contributed by atoms with Crippen molar-refractivity contribution in [2.45, 2.75) is 52.6 Å². The van der Waals surface area contributed by atoms with E-state index in [1.807, 2.05) is 6.92 Å². The lowest BCUT2D eigenvalue weighted by molar-refractivity contribution is 0.121. The van der Waals surface area contributed by atoms with Crippen molar-refractivity contribution in [3.05, 3.63) is 0 Å². The van der Waals surface area contributed by atoms with Gasteiger partial charge in [-0.2, -0.15) is 0 Å². The highest BCUT2D eigenvalue weighted by Gasteiger charge is 2.30. The summed E-state index contributed by atoms with van der Waals surface area (Å²) in [5, 5.41) is 3.67. The molecule has 0 heterocycles. The minimum Gasteiger partial charge on any atom is -0.380 e. The second kappa shape index (κ2) is 5.72. The Balaban J connectivity index is 2.23. The van der Waals surface area contributed by atoms with Gasteiger partial charge in [-0.15, -0.1) is 0 Å². The van der Waals surface area contributed by atoms with Crippen molar-refractivity contribution in [2.75, 3.05) is 13.2 Å². The molecule has 0 aromatic heterocycles. The molecule has 0 aromatic rings. The molecule has 1 aliphatic rings. The number of rotatable bonds is 5. The lowest BCUT2D eigenvalue weighted by atomic mass is 9.97. The van der Waals surface area contributed by atoms with E-state index in [9.17, 15) is 0 Å². The Kier molecular flexibility index (Phi) is 4.90. The summed E-state index contributed by atoms with van der Waals surface area (Å²) in [5.41, 5.74) is 0. The molecule has 0 bridgehead atoms. The van der Waals surface area contributed by atoms with Gasteiger partial charge in [0.25, 0.3) is 0 Å². The van der Waals surface area contributed by atoms with Gasteiger partial charge in [-0.1, -0.05) is 13.8 Å². The van der Waals surface area contributed by atoms with Crippen molar-refractivity contribution in [3.63, 3.8) is 0 Å². The fourth-order valence-electron chi connectivity index (χ4n) is 2.31. The Bertz CT molecular complexity index is 160. The fourth-order valence-corrected chi connectivity index (χ4v) is 2.31. The maximum Gasteiger partial charge on any atom is 0.0616 e. The van der Waals surface area contributed by atoms with Gasteiger partial charge in [0.1, 0.15) is 0 Å². The van der Waals surface area contributed by atoms with Gasteiger partial charge in [-0.25, -0.2) is 0 Å². The number of hydrogen-bond donors (Lipinski definition) is 1. The molecule has 0 saturated heterocycles. The van der Waals surface area contributed by atoms with E-state index in [1.165, 1.54) is 12.8 Å². The van der Waals surface area contributed by atoms with E-state index in [0.29, 0.717) is 12.1 Å². The van der Waals surface area contributed by atoms with Crippen LogP contribution in [0, 0.1) is 11.8 Å². The van der Waals surface area contributed by atoms with Gasteiger partial charge in [-0.05, 0) is 38.5 Å². The first kappa shape index (κ1) is 12.0. The predicted molar refractivity (Wildman–Crippen MR) is 60.4 cm³/mol. The third-order valence-electron chi connectivity index (χ3n) is 3.54. The second-order valence-electron chi connectivity index (χ2n) is 4.75. The summed E-state index contributed by atoms with van der Waals surface area (Å²) in [4.78, 5) is 0. The third kappa shape index (κ3) is 3.25. The molecule has 1 saturated carbocycles. The Hall–Kier alpha value is -0.0800. The summed E-state index contributed by atoms with van der Waals surface area (Å²) in [7, 11) is 0. The summed E-state index contributed by atoms with van der Waals surface area (Å²) in [6, 6.07) is 1.20. The molecule has 2 heteroatoms. The van der Waals surface area contributed by atoms with Crippen molar-refractivity contribution < 1.29 is 4.74 Å². The van der Waals surface area contributed by atoms with Crippen LogP contribution < -0.4 is 5.32 Å². The molecule has 0 spiro atoms. The molecule has 1 fully saturated rings. The van der Waals surface area contributed by atoms with Crippen molar-refractivity contribution >= 4 is 0 Å². The van der Waals surface area contributed by atoms with Crippen LogP contribution in [0.3, 0.4) is 0 Å². The first-order valence-corrected chi connectivity index (χ1v) is 5.99. The van der Waals surface area contributed by atoms with E-state index in [2.05, 4.69) is 26.1 Å². The van der Waals surface area contributed by atoms with E-state index >= 15 is 0 Å². The van der Waals surface area contributed by atoms with Gasteiger partial charge >= 0.3 is 0 Å². The minimum absolute atomic E-state index is 0.493. The molecule has 1 N–H and O–H groups in total. The number of nitrogens with one attached hydrogen (secondary N) is 1. The third-order valence-corrected chi connectivity index (χ3v) is 3.54.